The summed E-state index contributed by atoms with van der Waals surface area (Å²) in [6, 6.07) is 17.4. The highest BCUT2D eigenvalue weighted by molar-refractivity contribution is 5.96. The Labute approximate surface area is 130 Å². The lowest BCUT2D eigenvalue weighted by Crippen LogP contribution is -2.35. The van der Waals surface area contributed by atoms with Gasteiger partial charge >= 0.3 is 0 Å². The first-order chi connectivity index (χ1) is 10.8. The van der Waals surface area contributed by atoms with E-state index in [1.807, 2.05) is 54.6 Å². The number of para-hydroxylation sites is 2. The molecular formula is C18H20N2O2. The first-order valence-electron chi connectivity index (χ1n) is 7.63. The highest BCUT2D eigenvalue weighted by Crippen LogP contribution is 2.25. The van der Waals surface area contributed by atoms with Gasteiger partial charge in [-0.05, 0) is 37.1 Å². The van der Waals surface area contributed by atoms with Gasteiger partial charge in [0, 0.05) is 0 Å². The Morgan fingerprint density at radius 3 is 2.68 bits per heavy atom. The monoisotopic (exact) mass is 296 g/mol. The molecule has 0 aliphatic carbocycles. The Bertz CT molecular complexity index is 622. The number of ether oxygens (including phenoxy) is 1. The lowest BCUT2D eigenvalue weighted by Gasteiger charge is -2.15. The number of carbonyl (C=O) groups excluding carboxylic acids is 1. The van der Waals surface area contributed by atoms with Crippen molar-refractivity contribution >= 4 is 11.6 Å². The second kappa shape index (κ2) is 7.09. The minimum atomic E-state index is -0.0952. The molecule has 1 amide bonds. The molecule has 1 aliphatic heterocycles. The second-order valence-corrected chi connectivity index (χ2v) is 5.41. The van der Waals surface area contributed by atoms with Gasteiger partial charge in [0.05, 0.1) is 11.7 Å². The molecule has 3 rings (SSSR count). The summed E-state index contributed by atoms with van der Waals surface area (Å²) in [5, 5.41) is 6.16. The summed E-state index contributed by atoms with van der Waals surface area (Å²) in [7, 11) is 0. The number of amides is 1. The zero-order chi connectivity index (χ0) is 15.2. The molecule has 2 N–H and O–H groups in total. The van der Waals surface area contributed by atoms with Crippen molar-refractivity contribution in [3.63, 3.8) is 0 Å². The SMILES string of the molecule is O=C(Nc1ccccc1OCc1ccccc1)C1CCCN1. The van der Waals surface area contributed by atoms with E-state index >= 15 is 0 Å². The predicted octanol–water partition coefficient (Wildman–Crippen LogP) is 2.96. The van der Waals surface area contributed by atoms with Gasteiger partial charge in [0.15, 0.2) is 0 Å². The van der Waals surface area contributed by atoms with E-state index in [-0.39, 0.29) is 11.9 Å². The van der Waals surface area contributed by atoms with Crippen LogP contribution >= 0.6 is 0 Å². The van der Waals surface area contributed by atoms with Crippen LogP contribution in [-0.2, 0) is 11.4 Å². The van der Waals surface area contributed by atoms with Crippen LogP contribution in [0.15, 0.2) is 54.6 Å². The van der Waals surface area contributed by atoms with Crippen LogP contribution in [-0.4, -0.2) is 18.5 Å². The Kier molecular flexibility index (Phi) is 4.71. The van der Waals surface area contributed by atoms with E-state index in [9.17, 15) is 4.79 Å². The maximum absolute atomic E-state index is 12.2. The standard InChI is InChI=1S/C18H20N2O2/c21-18(16-10-6-12-19-16)20-15-9-4-5-11-17(15)22-13-14-7-2-1-3-8-14/h1-5,7-9,11,16,19H,6,10,12-13H2,(H,20,21). The zero-order valence-corrected chi connectivity index (χ0v) is 12.4. The predicted molar refractivity (Wildman–Crippen MR) is 86.9 cm³/mol. The van der Waals surface area contributed by atoms with Gasteiger partial charge in [-0.1, -0.05) is 42.5 Å². The molecule has 0 radical (unpaired) electrons. The molecule has 22 heavy (non-hydrogen) atoms. The molecule has 1 unspecified atom stereocenters. The molecule has 0 saturated carbocycles. The Balaban J connectivity index is 1.65. The number of rotatable bonds is 5. The fourth-order valence-corrected chi connectivity index (χ4v) is 2.56. The van der Waals surface area contributed by atoms with E-state index in [4.69, 9.17) is 4.74 Å². The summed E-state index contributed by atoms with van der Waals surface area (Å²) in [4.78, 5) is 12.2. The maximum atomic E-state index is 12.2. The van der Waals surface area contributed by atoms with E-state index in [1.54, 1.807) is 0 Å². The van der Waals surface area contributed by atoms with Crippen LogP contribution in [0.5, 0.6) is 5.75 Å². The summed E-state index contributed by atoms with van der Waals surface area (Å²) in [5.41, 5.74) is 1.82. The van der Waals surface area contributed by atoms with Crippen molar-refractivity contribution in [3.05, 3.63) is 60.2 Å². The summed E-state index contributed by atoms with van der Waals surface area (Å²) < 4.78 is 5.85. The minimum Gasteiger partial charge on any atom is -0.487 e. The van der Waals surface area contributed by atoms with Crippen LogP contribution in [0.1, 0.15) is 18.4 Å². The van der Waals surface area contributed by atoms with Gasteiger partial charge < -0.3 is 15.4 Å². The average molecular weight is 296 g/mol. The molecule has 1 fully saturated rings. The van der Waals surface area contributed by atoms with Gasteiger partial charge in [-0.3, -0.25) is 4.79 Å². The van der Waals surface area contributed by atoms with Crippen molar-refractivity contribution in [2.24, 2.45) is 0 Å². The molecule has 1 aliphatic rings. The third-order valence-corrected chi connectivity index (χ3v) is 3.76. The Morgan fingerprint density at radius 2 is 1.91 bits per heavy atom. The molecule has 2 aromatic carbocycles. The number of carbonyl (C=O) groups is 1. The van der Waals surface area contributed by atoms with Crippen LogP contribution in [0.4, 0.5) is 5.69 Å². The number of anilines is 1. The average Bonchev–Trinajstić information content (AvgIpc) is 3.10. The van der Waals surface area contributed by atoms with E-state index in [1.165, 1.54) is 0 Å². The van der Waals surface area contributed by atoms with Crippen molar-refractivity contribution in [1.29, 1.82) is 0 Å². The van der Waals surface area contributed by atoms with E-state index < -0.39 is 0 Å². The fraction of sp³-hybridized carbons (Fsp3) is 0.278. The lowest BCUT2D eigenvalue weighted by atomic mass is 10.2. The molecule has 0 aromatic heterocycles. The summed E-state index contributed by atoms with van der Waals surface area (Å²) in [6.07, 6.45) is 1.93. The normalized spacial score (nSPS) is 17.2. The van der Waals surface area contributed by atoms with Gasteiger partial charge in [-0.25, -0.2) is 0 Å². The topological polar surface area (TPSA) is 50.4 Å². The summed E-state index contributed by atoms with van der Waals surface area (Å²) in [6.45, 7) is 1.39. The third kappa shape index (κ3) is 3.65. The van der Waals surface area contributed by atoms with Gasteiger partial charge in [0.1, 0.15) is 12.4 Å². The van der Waals surface area contributed by atoms with Crippen LogP contribution in [0.2, 0.25) is 0 Å². The molecular weight excluding hydrogens is 276 g/mol. The zero-order valence-electron chi connectivity index (χ0n) is 12.4. The second-order valence-electron chi connectivity index (χ2n) is 5.41. The van der Waals surface area contributed by atoms with Crippen LogP contribution in [0.25, 0.3) is 0 Å². The van der Waals surface area contributed by atoms with Crippen LogP contribution in [0.3, 0.4) is 0 Å². The van der Waals surface area contributed by atoms with Crippen LogP contribution < -0.4 is 15.4 Å². The molecule has 0 spiro atoms. The van der Waals surface area contributed by atoms with Gasteiger partial charge in [-0.15, -0.1) is 0 Å². The largest absolute Gasteiger partial charge is 0.487 e. The molecule has 4 nitrogen and oxygen atoms in total. The molecule has 1 heterocycles. The number of hydrogen-bond acceptors (Lipinski definition) is 3. The van der Waals surface area contributed by atoms with Gasteiger partial charge in [-0.2, -0.15) is 0 Å². The minimum absolute atomic E-state index is 0.00765. The fourth-order valence-electron chi connectivity index (χ4n) is 2.56. The highest BCUT2D eigenvalue weighted by atomic mass is 16.5. The molecule has 2 aromatic rings. The van der Waals surface area contributed by atoms with Gasteiger partial charge in [0.25, 0.3) is 0 Å². The van der Waals surface area contributed by atoms with Gasteiger partial charge in [0.2, 0.25) is 5.91 Å². The van der Waals surface area contributed by atoms with Crippen molar-refractivity contribution in [1.82, 2.24) is 5.32 Å². The van der Waals surface area contributed by atoms with E-state index in [2.05, 4.69) is 10.6 Å². The third-order valence-electron chi connectivity index (χ3n) is 3.76. The molecule has 114 valence electrons. The van der Waals surface area contributed by atoms with Crippen molar-refractivity contribution in [2.45, 2.75) is 25.5 Å². The Hall–Kier alpha value is -2.33. The first kappa shape index (κ1) is 14.6. The van der Waals surface area contributed by atoms with Crippen LogP contribution in [0, 0.1) is 0 Å². The Morgan fingerprint density at radius 1 is 1.14 bits per heavy atom. The number of hydrogen-bond donors (Lipinski definition) is 2. The summed E-state index contributed by atoms with van der Waals surface area (Å²) >= 11 is 0. The molecule has 0 bridgehead atoms. The quantitative estimate of drug-likeness (QED) is 0.892. The van der Waals surface area contributed by atoms with E-state index in [0.717, 1.165) is 30.6 Å². The number of nitrogens with one attached hydrogen (secondary N) is 2. The van der Waals surface area contributed by atoms with E-state index in [0.29, 0.717) is 12.4 Å². The first-order valence-corrected chi connectivity index (χ1v) is 7.63. The smallest absolute Gasteiger partial charge is 0.241 e. The van der Waals surface area contributed by atoms with Crippen molar-refractivity contribution in [2.75, 3.05) is 11.9 Å². The molecule has 1 saturated heterocycles. The number of benzene rings is 2. The van der Waals surface area contributed by atoms with Crippen molar-refractivity contribution < 1.29 is 9.53 Å². The van der Waals surface area contributed by atoms with Crippen molar-refractivity contribution in [3.8, 4) is 5.75 Å². The highest BCUT2D eigenvalue weighted by Gasteiger charge is 2.22. The molecule has 4 heteroatoms. The lowest BCUT2D eigenvalue weighted by molar-refractivity contribution is -0.117. The maximum Gasteiger partial charge on any atom is 0.241 e. The summed E-state index contributed by atoms with van der Waals surface area (Å²) in [5.74, 6) is 0.700. The molecule has 1 atom stereocenters.